The van der Waals surface area contributed by atoms with Crippen LogP contribution >= 0.6 is 0 Å². The number of carboxylic acids is 1. The van der Waals surface area contributed by atoms with Gasteiger partial charge in [-0.1, -0.05) is 12.8 Å². The van der Waals surface area contributed by atoms with Gasteiger partial charge in [-0.05, 0) is 31.6 Å². The first-order valence-corrected chi connectivity index (χ1v) is 7.13. The minimum Gasteiger partial charge on any atom is -0.481 e. The van der Waals surface area contributed by atoms with Gasteiger partial charge in [0.05, 0.1) is 6.42 Å². The third-order valence-electron chi connectivity index (χ3n) is 4.04. The molecular weight excluding hydrogens is 246 g/mol. The average Bonchev–Trinajstić information content (AvgIpc) is 2.77. The number of hydrogen-bond donors (Lipinski definition) is 2. The molecule has 19 heavy (non-hydrogen) atoms. The summed E-state index contributed by atoms with van der Waals surface area (Å²) in [5.74, 6) is -0.785. The predicted molar refractivity (Wildman–Crippen MR) is 71.7 cm³/mol. The molecule has 5 nitrogen and oxygen atoms in total. The lowest BCUT2D eigenvalue weighted by molar-refractivity contribution is -0.141. The van der Waals surface area contributed by atoms with Crippen LogP contribution in [0.15, 0.2) is 0 Å². The minimum absolute atomic E-state index is 0.0269. The van der Waals surface area contributed by atoms with Gasteiger partial charge in [0.15, 0.2) is 0 Å². The van der Waals surface area contributed by atoms with Gasteiger partial charge in [0.25, 0.3) is 0 Å². The van der Waals surface area contributed by atoms with E-state index in [0.717, 1.165) is 25.7 Å². The van der Waals surface area contributed by atoms with Gasteiger partial charge in [0, 0.05) is 26.1 Å². The summed E-state index contributed by atoms with van der Waals surface area (Å²) < 4.78 is 0. The molecule has 0 bridgehead atoms. The molecule has 0 atom stereocenters. The lowest BCUT2D eigenvalue weighted by Crippen LogP contribution is -2.36. The lowest BCUT2D eigenvalue weighted by Gasteiger charge is -2.30. The van der Waals surface area contributed by atoms with Gasteiger partial charge in [0.2, 0.25) is 5.91 Å². The van der Waals surface area contributed by atoms with E-state index in [1.165, 1.54) is 0 Å². The van der Waals surface area contributed by atoms with Crippen molar-refractivity contribution in [2.45, 2.75) is 51.9 Å². The highest BCUT2D eigenvalue weighted by atomic mass is 16.4. The maximum atomic E-state index is 12.3. The van der Waals surface area contributed by atoms with Crippen LogP contribution in [0.25, 0.3) is 0 Å². The summed E-state index contributed by atoms with van der Waals surface area (Å²) in [7, 11) is 0. The zero-order valence-corrected chi connectivity index (χ0v) is 11.7. The molecule has 1 saturated carbocycles. The van der Waals surface area contributed by atoms with Crippen LogP contribution in [0.4, 0.5) is 0 Å². The molecule has 0 heterocycles. The van der Waals surface area contributed by atoms with E-state index < -0.39 is 5.97 Å². The number of aliphatic hydroxyl groups is 1. The van der Waals surface area contributed by atoms with Crippen LogP contribution in [0.1, 0.15) is 51.9 Å². The zero-order chi connectivity index (χ0) is 14.3. The van der Waals surface area contributed by atoms with Crippen molar-refractivity contribution in [3.8, 4) is 0 Å². The van der Waals surface area contributed by atoms with Crippen molar-refractivity contribution in [1.82, 2.24) is 4.90 Å². The van der Waals surface area contributed by atoms with Crippen LogP contribution in [0, 0.1) is 5.41 Å². The fourth-order valence-electron chi connectivity index (χ4n) is 3.02. The Hall–Kier alpha value is -1.10. The highest BCUT2D eigenvalue weighted by Gasteiger charge is 2.38. The number of amides is 1. The van der Waals surface area contributed by atoms with Gasteiger partial charge in [-0.2, -0.15) is 0 Å². The molecule has 0 spiro atoms. The van der Waals surface area contributed by atoms with Gasteiger partial charge in [-0.3, -0.25) is 9.59 Å². The Morgan fingerprint density at radius 2 is 1.84 bits per heavy atom. The quantitative estimate of drug-likeness (QED) is 0.703. The number of carboxylic acid groups (broad SMARTS) is 1. The van der Waals surface area contributed by atoms with E-state index >= 15 is 0 Å². The van der Waals surface area contributed by atoms with Gasteiger partial charge >= 0.3 is 5.97 Å². The highest BCUT2D eigenvalue weighted by Crippen LogP contribution is 2.44. The van der Waals surface area contributed by atoms with E-state index in [2.05, 4.69) is 0 Å². The van der Waals surface area contributed by atoms with Crippen molar-refractivity contribution in [2.75, 3.05) is 19.7 Å². The summed E-state index contributed by atoms with van der Waals surface area (Å²) in [6.07, 6.45) is 4.71. The Bertz CT molecular complexity index is 311. The minimum atomic E-state index is -0.812. The van der Waals surface area contributed by atoms with Crippen LogP contribution in [0.5, 0.6) is 0 Å². The molecule has 0 aromatic heterocycles. The third kappa shape index (κ3) is 4.82. The van der Waals surface area contributed by atoms with Crippen molar-refractivity contribution >= 4 is 11.9 Å². The Morgan fingerprint density at radius 1 is 1.21 bits per heavy atom. The maximum Gasteiger partial charge on any atom is 0.303 e. The average molecular weight is 271 g/mol. The lowest BCUT2D eigenvalue weighted by atomic mass is 9.79. The molecule has 1 fully saturated rings. The molecule has 0 aromatic rings. The second-order valence-corrected chi connectivity index (χ2v) is 5.50. The molecule has 1 rings (SSSR count). The molecule has 2 N–H and O–H groups in total. The molecule has 0 saturated heterocycles. The topological polar surface area (TPSA) is 77.8 Å². The van der Waals surface area contributed by atoms with Crippen molar-refractivity contribution in [3.63, 3.8) is 0 Å². The number of carbonyl (C=O) groups is 2. The monoisotopic (exact) mass is 271 g/mol. The Balaban J connectivity index is 2.62. The summed E-state index contributed by atoms with van der Waals surface area (Å²) in [6.45, 7) is 3.15. The largest absolute Gasteiger partial charge is 0.481 e. The molecule has 1 amide bonds. The smallest absolute Gasteiger partial charge is 0.303 e. The number of nitrogens with zero attached hydrogens (tertiary/aromatic N) is 1. The zero-order valence-electron chi connectivity index (χ0n) is 11.7. The second kappa shape index (κ2) is 7.48. The Labute approximate surface area is 114 Å². The molecule has 5 heteroatoms. The van der Waals surface area contributed by atoms with E-state index in [0.29, 0.717) is 25.9 Å². The fraction of sp³-hybridized carbons (Fsp3) is 0.857. The Morgan fingerprint density at radius 3 is 2.32 bits per heavy atom. The highest BCUT2D eigenvalue weighted by molar-refractivity contribution is 5.78. The molecule has 0 radical (unpaired) electrons. The second-order valence-electron chi connectivity index (χ2n) is 5.50. The number of hydrogen-bond acceptors (Lipinski definition) is 3. The molecular formula is C14H25NO4. The molecule has 0 aromatic carbocycles. The maximum absolute atomic E-state index is 12.3. The third-order valence-corrected chi connectivity index (χ3v) is 4.04. The van der Waals surface area contributed by atoms with E-state index in [1.807, 2.05) is 6.92 Å². The number of rotatable bonds is 8. The number of aliphatic carboxylic acids is 1. The number of carbonyl (C=O) groups excluding carboxylic acids is 1. The van der Waals surface area contributed by atoms with Gasteiger partial charge in [-0.25, -0.2) is 0 Å². The summed E-state index contributed by atoms with van der Waals surface area (Å²) in [5.41, 5.74) is -0.338. The Kier molecular flexibility index (Phi) is 6.28. The van der Waals surface area contributed by atoms with Crippen molar-refractivity contribution in [3.05, 3.63) is 0 Å². The molecule has 110 valence electrons. The summed E-state index contributed by atoms with van der Waals surface area (Å²) in [6, 6.07) is 0. The van der Waals surface area contributed by atoms with Crippen LogP contribution < -0.4 is 0 Å². The van der Waals surface area contributed by atoms with Gasteiger partial charge in [0.1, 0.15) is 0 Å². The molecule has 0 aliphatic heterocycles. The summed E-state index contributed by atoms with van der Waals surface area (Å²) in [5, 5.41) is 17.9. The van der Waals surface area contributed by atoms with Gasteiger partial charge < -0.3 is 15.1 Å². The predicted octanol–water partition coefficient (Wildman–Crippen LogP) is 1.64. The van der Waals surface area contributed by atoms with E-state index in [1.54, 1.807) is 4.90 Å². The fourth-order valence-corrected chi connectivity index (χ4v) is 3.02. The SMILES string of the molecule is CCN(CCCO)C(=O)CC1(CC(=O)O)CCCC1. The standard InChI is InChI=1S/C14H25NO4/c1-2-15(8-5-9-16)12(17)10-14(11-13(18)19)6-3-4-7-14/h16H,2-11H2,1H3,(H,18,19). The van der Waals surface area contributed by atoms with Crippen LogP contribution in [0.2, 0.25) is 0 Å². The van der Waals surface area contributed by atoms with Crippen LogP contribution in [-0.2, 0) is 9.59 Å². The van der Waals surface area contributed by atoms with Crippen LogP contribution in [0.3, 0.4) is 0 Å². The van der Waals surface area contributed by atoms with Crippen molar-refractivity contribution < 1.29 is 19.8 Å². The van der Waals surface area contributed by atoms with Gasteiger partial charge in [-0.15, -0.1) is 0 Å². The molecule has 1 aliphatic carbocycles. The van der Waals surface area contributed by atoms with Crippen molar-refractivity contribution in [2.24, 2.45) is 5.41 Å². The first kappa shape index (κ1) is 16.0. The molecule has 1 aliphatic rings. The first-order chi connectivity index (χ1) is 9.03. The first-order valence-electron chi connectivity index (χ1n) is 7.13. The van der Waals surface area contributed by atoms with E-state index in [4.69, 9.17) is 10.2 Å². The summed E-state index contributed by atoms with van der Waals surface area (Å²) >= 11 is 0. The van der Waals surface area contributed by atoms with E-state index in [-0.39, 0.29) is 24.3 Å². The van der Waals surface area contributed by atoms with Crippen molar-refractivity contribution in [1.29, 1.82) is 0 Å². The van der Waals surface area contributed by atoms with E-state index in [9.17, 15) is 9.59 Å². The molecule has 0 unspecified atom stereocenters. The number of aliphatic hydroxyl groups excluding tert-OH is 1. The normalized spacial score (nSPS) is 17.4. The van der Waals surface area contributed by atoms with Crippen LogP contribution in [-0.4, -0.2) is 46.7 Å². The summed E-state index contributed by atoms with van der Waals surface area (Å²) in [4.78, 5) is 25.0.